The molecule has 4 nitrogen and oxygen atoms in total. The standard InChI is InChI=1S/C19H19BrN4/c1-13-5-3-4-6-15(13)12-22-18-9-10-21-19(24-18)23-16-7-8-17(20)14(2)11-16/h3-11H,12H2,1-2H3,(H2,21,22,23,24). The van der Waals surface area contributed by atoms with Crippen LogP contribution in [0.4, 0.5) is 17.5 Å². The molecule has 0 aliphatic heterocycles. The monoisotopic (exact) mass is 382 g/mol. The first-order valence-electron chi connectivity index (χ1n) is 7.76. The molecule has 2 N–H and O–H groups in total. The van der Waals surface area contributed by atoms with E-state index in [1.54, 1.807) is 6.20 Å². The van der Waals surface area contributed by atoms with Gasteiger partial charge in [-0.3, -0.25) is 0 Å². The van der Waals surface area contributed by atoms with Crippen LogP contribution in [0.3, 0.4) is 0 Å². The van der Waals surface area contributed by atoms with E-state index in [2.05, 4.69) is 68.6 Å². The van der Waals surface area contributed by atoms with Gasteiger partial charge < -0.3 is 10.6 Å². The molecule has 0 bridgehead atoms. The molecule has 0 fully saturated rings. The van der Waals surface area contributed by atoms with E-state index in [0.717, 1.165) is 28.1 Å². The fraction of sp³-hybridized carbons (Fsp3) is 0.158. The van der Waals surface area contributed by atoms with Gasteiger partial charge in [-0.2, -0.15) is 4.98 Å². The average Bonchev–Trinajstić information content (AvgIpc) is 2.58. The van der Waals surface area contributed by atoms with Crippen LogP contribution in [-0.2, 0) is 6.54 Å². The summed E-state index contributed by atoms with van der Waals surface area (Å²) in [6.45, 7) is 4.90. The van der Waals surface area contributed by atoms with E-state index in [9.17, 15) is 0 Å². The highest BCUT2D eigenvalue weighted by Gasteiger charge is 2.03. The van der Waals surface area contributed by atoms with Crippen molar-refractivity contribution in [3.63, 3.8) is 0 Å². The summed E-state index contributed by atoms with van der Waals surface area (Å²) in [7, 11) is 0. The molecule has 0 unspecified atom stereocenters. The summed E-state index contributed by atoms with van der Waals surface area (Å²) in [5, 5.41) is 6.59. The van der Waals surface area contributed by atoms with Gasteiger partial charge >= 0.3 is 0 Å². The van der Waals surface area contributed by atoms with Crippen LogP contribution in [-0.4, -0.2) is 9.97 Å². The van der Waals surface area contributed by atoms with Crippen molar-refractivity contribution in [3.8, 4) is 0 Å². The average molecular weight is 383 g/mol. The van der Waals surface area contributed by atoms with Crippen molar-refractivity contribution in [2.24, 2.45) is 0 Å². The van der Waals surface area contributed by atoms with Crippen LogP contribution < -0.4 is 10.6 Å². The van der Waals surface area contributed by atoms with Crippen LogP contribution in [0, 0.1) is 13.8 Å². The first kappa shape index (κ1) is 16.5. The molecule has 0 amide bonds. The van der Waals surface area contributed by atoms with E-state index in [0.29, 0.717) is 5.95 Å². The molecule has 5 heteroatoms. The molecule has 0 radical (unpaired) electrons. The van der Waals surface area contributed by atoms with Gasteiger partial charge in [-0.25, -0.2) is 4.98 Å². The summed E-state index contributed by atoms with van der Waals surface area (Å²) in [5.74, 6) is 1.37. The third kappa shape index (κ3) is 4.11. The van der Waals surface area contributed by atoms with E-state index < -0.39 is 0 Å². The summed E-state index contributed by atoms with van der Waals surface area (Å²) >= 11 is 3.51. The Hall–Kier alpha value is -2.40. The largest absolute Gasteiger partial charge is 0.366 e. The lowest BCUT2D eigenvalue weighted by molar-refractivity contribution is 1.07. The maximum atomic E-state index is 4.52. The number of nitrogens with zero attached hydrogens (tertiary/aromatic N) is 2. The predicted octanol–water partition coefficient (Wildman–Crippen LogP) is 5.21. The van der Waals surface area contributed by atoms with Crippen LogP contribution in [0.5, 0.6) is 0 Å². The van der Waals surface area contributed by atoms with E-state index >= 15 is 0 Å². The van der Waals surface area contributed by atoms with Gasteiger partial charge in [0.05, 0.1) is 0 Å². The summed E-state index contributed by atoms with van der Waals surface area (Å²) in [6, 6.07) is 16.3. The van der Waals surface area contributed by atoms with Crippen molar-refractivity contribution in [2.45, 2.75) is 20.4 Å². The fourth-order valence-corrected chi connectivity index (χ4v) is 2.61. The number of aryl methyl sites for hydroxylation is 2. The molecule has 122 valence electrons. The minimum atomic E-state index is 0.575. The van der Waals surface area contributed by atoms with Crippen molar-refractivity contribution >= 4 is 33.4 Å². The molecule has 0 aliphatic carbocycles. The van der Waals surface area contributed by atoms with Crippen LogP contribution in [0.2, 0.25) is 0 Å². The van der Waals surface area contributed by atoms with Gasteiger partial charge in [0.25, 0.3) is 0 Å². The molecular weight excluding hydrogens is 364 g/mol. The topological polar surface area (TPSA) is 49.8 Å². The zero-order chi connectivity index (χ0) is 16.9. The number of nitrogens with one attached hydrogen (secondary N) is 2. The molecule has 0 spiro atoms. The lowest BCUT2D eigenvalue weighted by Gasteiger charge is -2.10. The van der Waals surface area contributed by atoms with Crippen molar-refractivity contribution in [3.05, 3.63) is 75.9 Å². The Labute approximate surface area is 150 Å². The Morgan fingerprint density at radius 1 is 1.00 bits per heavy atom. The lowest BCUT2D eigenvalue weighted by Crippen LogP contribution is -2.05. The molecular formula is C19H19BrN4. The molecule has 3 rings (SSSR count). The van der Waals surface area contributed by atoms with Crippen molar-refractivity contribution < 1.29 is 0 Å². The van der Waals surface area contributed by atoms with Crippen LogP contribution >= 0.6 is 15.9 Å². The first-order valence-corrected chi connectivity index (χ1v) is 8.56. The number of hydrogen-bond donors (Lipinski definition) is 2. The number of hydrogen-bond acceptors (Lipinski definition) is 4. The molecule has 1 heterocycles. The number of halogens is 1. The zero-order valence-corrected chi connectivity index (χ0v) is 15.3. The maximum absolute atomic E-state index is 4.52. The summed E-state index contributed by atoms with van der Waals surface area (Å²) in [5.41, 5.74) is 4.65. The van der Waals surface area contributed by atoms with Gasteiger partial charge in [0.15, 0.2) is 0 Å². The second-order valence-electron chi connectivity index (χ2n) is 5.63. The Kier molecular flexibility index (Phi) is 5.11. The molecule has 0 aliphatic rings. The Morgan fingerprint density at radius 2 is 1.83 bits per heavy atom. The van der Waals surface area contributed by atoms with Crippen LogP contribution in [0.1, 0.15) is 16.7 Å². The van der Waals surface area contributed by atoms with Gasteiger partial charge in [0, 0.05) is 22.9 Å². The van der Waals surface area contributed by atoms with E-state index in [-0.39, 0.29) is 0 Å². The Morgan fingerprint density at radius 3 is 2.62 bits per heavy atom. The summed E-state index contributed by atoms with van der Waals surface area (Å²) in [4.78, 5) is 8.81. The lowest BCUT2D eigenvalue weighted by atomic mass is 10.1. The highest BCUT2D eigenvalue weighted by atomic mass is 79.9. The normalized spacial score (nSPS) is 10.5. The SMILES string of the molecule is Cc1cc(Nc2nccc(NCc3ccccc3C)n2)ccc1Br. The maximum Gasteiger partial charge on any atom is 0.229 e. The molecule has 0 atom stereocenters. The van der Waals surface area contributed by atoms with Crippen molar-refractivity contribution in [1.29, 1.82) is 0 Å². The third-order valence-electron chi connectivity index (χ3n) is 3.79. The predicted molar refractivity (Wildman–Crippen MR) is 103 cm³/mol. The molecule has 1 aromatic heterocycles. The van der Waals surface area contributed by atoms with Gasteiger partial charge in [-0.1, -0.05) is 40.2 Å². The van der Waals surface area contributed by atoms with Crippen molar-refractivity contribution in [1.82, 2.24) is 9.97 Å². The minimum Gasteiger partial charge on any atom is -0.366 e. The fourth-order valence-electron chi connectivity index (χ4n) is 2.36. The van der Waals surface area contributed by atoms with E-state index in [1.165, 1.54) is 11.1 Å². The van der Waals surface area contributed by atoms with Gasteiger partial charge in [-0.15, -0.1) is 0 Å². The van der Waals surface area contributed by atoms with Gasteiger partial charge in [0.1, 0.15) is 5.82 Å². The number of aromatic nitrogens is 2. The Balaban J connectivity index is 1.69. The zero-order valence-electron chi connectivity index (χ0n) is 13.7. The van der Waals surface area contributed by atoms with Crippen LogP contribution in [0.15, 0.2) is 59.2 Å². The Bertz CT molecular complexity index is 848. The molecule has 3 aromatic rings. The van der Waals surface area contributed by atoms with Crippen molar-refractivity contribution in [2.75, 3.05) is 10.6 Å². The number of benzene rings is 2. The first-order chi connectivity index (χ1) is 11.6. The second kappa shape index (κ2) is 7.45. The van der Waals surface area contributed by atoms with E-state index in [4.69, 9.17) is 0 Å². The van der Waals surface area contributed by atoms with E-state index in [1.807, 2.05) is 30.3 Å². The summed E-state index contributed by atoms with van der Waals surface area (Å²) < 4.78 is 1.09. The molecule has 0 saturated carbocycles. The minimum absolute atomic E-state index is 0.575. The second-order valence-corrected chi connectivity index (χ2v) is 6.49. The molecule has 0 saturated heterocycles. The van der Waals surface area contributed by atoms with Gasteiger partial charge in [0.2, 0.25) is 5.95 Å². The third-order valence-corrected chi connectivity index (χ3v) is 4.68. The molecule has 24 heavy (non-hydrogen) atoms. The van der Waals surface area contributed by atoms with Gasteiger partial charge in [-0.05, 0) is 54.8 Å². The highest BCUT2D eigenvalue weighted by Crippen LogP contribution is 2.22. The molecule has 2 aromatic carbocycles. The summed E-state index contributed by atoms with van der Waals surface area (Å²) in [6.07, 6.45) is 1.75. The quantitative estimate of drug-likeness (QED) is 0.635. The number of anilines is 3. The highest BCUT2D eigenvalue weighted by molar-refractivity contribution is 9.10. The van der Waals surface area contributed by atoms with Crippen LogP contribution in [0.25, 0.3) is 0 Å². The number of rotatable bonds is 5. The smallest absolute Gasteiger partial charge is 0.229 e.